The van der Waals surface area contributed by atoms with Gasteiger partial charge in [0.25, 0.3) is 0 Å². The summed E-state index contributed by atoms with van der Waals surface area (Å²) in [5.41, 5.74) is 0. The molecular formula is C12H18N4O3. The molecule has 19 heavy (non-hydrogen) atoms. The summed E-state index contributed by atoms with van der Waals surface area (Å²) < 4.78 is 1.73. The van der Waals surface area contributed by atoms with Crippen molar-refractivity contribution in [3.63, 3.8) is 0 Å². The van der Waals surface area contributed by atoms with Gasteiger partial charge in [-0.1, -0.05) is 0 Å². The van der Waals surface area contributed by atoms with Gasteiger partial charge in [0.05, 0.1) is 12.5 Å². The first-order chi connectivity index (χ1) is 9.16. The summed E-state index contributed by atoms with van der Waals surface area (Å²) >= 11 is 0. The Kier molecular flexibility index (Phi) is 4.38. The van der Waals surface area contributed by atoms with Crippen molar-refractivity contribution in [1.29, 1.82) is 0 Å². The fourth-order valence-electron chi connectivity index (χ4n) is 2.19. The third-order valence-corrected chi connectivity index (χ3v) is 3.23. The molecule has 2 amide bonds. The fraction of sp³-hybridized carbons (Fsp3) is 0.583. The summed E-state index contributed by atoms with van der Waals surface area (Å²) in [7, 11) is 0. The maximum absolute atomic E-state index is 11.9. The molecule has 104 valence electrons. The van der Waals surface area contributed by atoms with Crippen molar-refractivity contribution in [2.75, 3.05) is 19.6 Å². The van der Waals surface area contributed by atoms with E-state index >= 15 is 0 Å². The van der Waals surface area contributed by atoms with Gasteiger partial charge in [-0.25, -0.2) is 4.79 Å². The van der Waals surface area contributed by atoms with Gasteiger partial charge in [0, 0.05) is 32.0 Å². The molecule has 2 N–H and O–H groups in total. The molecule has 0 saturated carbocycles. The van der Waals surface area contributed by atoms with E-state index in [-0.39, 0.29) is 6.03 Å². The predicted molar refractivity (Wildman–Crippen MR) is 67.6 cm³/mol. The van der Waals surface area contributed by atoms with Gasteiger partial charge in [-0.05, 0) is 18.9 Å². The van der Waals surface area contributed by atoms with Gasteiger partial charge in [0.2, 0.25) is 0 Å². The van der Waals surface area contributed by atoms with E-state index in [0.29, 0.717) is 32.6 Å². The molecule has 1 aliphatic rings. The maximum atomic E-state index is 11.9. The van der Waals surface area contributed by atoms with Gasteiger partial charge in [-0.3, -0.25) is 9.48 Å². The van der Waals surface area contributed by atoms with Gasteiger partial charge >= 0.3 is 12.0 Å². The lowest BCUT2D eigenvalue weighted by Gasteiger charge is -2.30. The Morgan fingerprint density at radius 3 is 3.00 bits per heavy atom. The number of carbonyl (C=O) groups excluding carboxylic acids is 1. The van der Waals surface area contributed by atoms with Crippen molar-refractivity contribution in [3.8, 4) is 0 Å². The van der Waals surface area contributed by atoms with E-state index in [1.807, 2.05) is 12.3 Å². The zero-order valence-corrected chi connectivity index (χ0v) is 10.7. The van der Waals surface area contributed by atoms with Gasteiger partial charge < -0.3 is 15.3 Å². The lowest BCUT2D eigenvalue weighted by Crippen LogP contribution is -2.47. The minimum atomic E-state index is -0.825. The molecule has 1 fully saturated rings. The molecule has 7 nitrogen and oxygen atoms in total. The molecule has 2 heterocycles. The number of hydrogen-bond acceptors (Lipinski definition) is 3. The molecule has 1 saturated heterocycles. The van der Waals surface area contributed by atoms with E-state index in [4.69, 9.17) is 5.11 Å². The van der Waals surface area contributed by atoms with Crippen molar-refractivity contribution in [3.05, 3.63) is 18.5 Å². The molecule has 1 aliphatic heterocycles. The molecule has 1 aromatic heterocycles. The largest absolute Gasteiger partial charge is 0.481 e. The van der Waals surface area contributed by atoms with E-state index in [1.54, 1.807) is 15.8 Å². The Balaban J connectivity index is 1.74. The number of nitrogens with one attached hydrogen (secondary N) is 1. The van der Waals surface area contributed by atoms with Gasteiger partial charge in [0.15, 0.2) is 0 Å². The van der Waals surface area contributed by atoms with Crippen LogP contribution in [0.2, 0.25) is 0 Å². The number of urea groups is 1. The molecule has 0 aromatic carbocycles. The summed E-state index contributed by atoms with van der Waals surface area (Å²) in [6, 6.07) is 1.63. The zero-order valence-electron chi connectivity index (χ0n) is 10.7. The molecule has 0 radical (unpaired) electrons. The molecule has 0 unspecified atom stereocenters. The highest BCUT2D eigenvalue weighted by Crippen LogP contribution is 2.16. The molecule has 7 heteroatoms. The number of carboxylic acid groups (broad SMARTS) is 1. The maximum Gasteiger partial charge on any atom is 0.317 e. The normalized spacial score (nSPS) is 19.2. The van der Waals surface area contributed by atoms with E-state index in [1.165, 1.54) is 0 Å². The van der Waals surface area contributed by atoms with Gasteiger partial charge in [-0.15, -0.1) is 0 Å². The molecule has 0 spiro atoms. The van der Waals surface area contributed by atoms with Crippen LogP contribution in [0.1, 0.15) is 12.8 Å². The summed E-state index contributed by atoms with van der Waals surface area (Å²) in [6.45, 7) is 2.00. The highest BCUT2D eigenvalue weighted by atomic mass is 16.4. The number of hydrogen-bond donors (Lipinski definition) is 2. The first-order valence-electron chi connectivity index (χ1n) is 6.40. The van der Waals surface area contributed by atoms with Crippen molar-refractivity contribution >= 4 is 12.0 Å². The van der Waals surface area contributed by atoms with Crippen LogP contribution in [0, 0.1) is 5.92 Å². The number of carbonyl (C=O) groups is 2. The van der Waals surface area contributed by atoms with E-state index in [0.717, 1.165) is 6.42 Å². The topological polar surface area (TPSA) is 87.5 Å². The van der Waals surface area contributed by atoms with Crippen LogP contribution in [-0.2, 0) is 11.3 Å². The Bertz CT molecular complexity index is 432. The quantitative estimate of drug-likeness (QED) is 0.825. The molecule has 1 aromatic rings. The average molecular weight is 266 g/mol. The van der Waals surface area contributed by atoms with Crippen LogP contribution in [-0.4, -0.2) is 51.4 Å². The fourth-order valence-corrected chi connectivity index (χ4v) is 2.19. The predicted octanol–water partition coefficient (Wildman–Crippen LogP) is 0.389. The highest BCUT2D eigenvalue weighted by Gasteiger charge is 2.27. The second kappa shape index (κ2) is 6.21. The van der Waals surface area contributed by atoms with E-state index < -0.39 is 11.9 Å². The third kappa shape index (κ3) is 3.70. The Morgan fingerprint density at radius 1 is 1.47 bits per heavy atom. The summed E-state index contributed by atoms with van der Waals surface area (Å²) in [5, 5.41) is 15.8. The Morgan fingerprint density at radius 2 is 2.32 bits per heavy atom. The summed E-state index contributed by atoms with van der Waals surface area (Å²) in [4.78, 5) is 24.4. The highest BCUT2D eigenvalue weighted by molar-refractivity contribution is 5.76. The van der Waals surface area contributed by atoms with Crippen LogP contribution < -0.4 is 5.32 Å². The van der Waals surface area contributed by atoms with Crippen LogP contribution in [0.5, 0.6) is 0 Å². The number of likely N-dealkylation sites (tertiary alicyclic amines) is 1. The molecule has 0 aliphatic carbocycles. The first kappa shape index (κ1) is 13.4. The number of aromatic nitrogens is 2. The van der Waals surface area contributed by atoms with Crippen molar-refractivity contribution in [2.24, 2.45) is 5.92 Å². The molecule has 1 atom stereocenters. The molecule has 0 bridgehead atoms. The first-order valence-corrected chi connectivity index (χ1v) is 6.40. The van der Waals surface area contributed by atoms with Gasteiger partial charge in [-0.2, -0.15) is 5.10 Å². The SMILES string of the molecule is O=C(O)[C@@H]1CCCN(C(=O)NCCn2cccn2)C1. The number of piperidine rings is 1. The Labute approximate surface area is 111 Å². The smallest absolute Gasteiger partial charge is 0.317 e. The molecular weight excluding hydrogens is 248 g/mol. The minimum absolute atomic E-state index is 0.196. The number of carboxylic acids is 1. The summed E-state index contributed by atoms with van der Waals surface area (Å²) in [6.07, 6.45) is 4.90. The second-order valence-electron chi connectivity index (χ2n) is 4.62. The summed E-state index contributed by atoms with van der Waals surface area (Å²) in [5.74, 6) is -1.26. The van der Waals surface area contributed by atoms with Crippen molar-refractivity contribution in [1.82, 2.24) is 20.0 Å². The van der Waals surface area contributed by atoms with Gasteiger partial charge in [0.1, 0.15) is 0 Å². The van der Waals surface area contributed by atoms with Crippen LogP contribution >= 0.6 is 0 Å². The second-order valence-corrected chi connectivity index (χ2v) is 4.62. The minimum Gasteiger partial charge on any atom is -0.481 e. The van der Waals surface area contributed by atoms with Crippen LogP contribution in [0.25, 0.3) is 0 Å². The number of nitrogens with zero attached hydrogens (tertiary/aromatic N) is 3. The average Bonchev–Trinajstić information content (AvgIpc) is 2.92. The lowest BCUT2D eigenvalue weighted by atomic mass is 9.99. The van der Waals surface area contributed by atoms with Crippen LogP contribution in [0.4, 0.5) is 4.79 Å². The van der Waals surface area contributed by atoms with Crippen LogP contribution in [0.15, 0.2) is 18.5 Å². The van der Waals surface area contributed by atoms with Crippen LogP contribution in [0.3, 0.4) is 0 Å². The Hall–Kier alpha value is -2.05. The number of rotatable bonds is 4. The number of amides is 2. The monoisotopic (exact) mass is 266 g/mol. The third-order valence-electron chi connectivity index (χ3n) is 3.23. The lowest BCUT2D eigenvalue weighted by molar-refractivity contribution is -0.143. The van der Waals surface area contributed by atoms with E-state index in [9.17, 15) is 9.59 Å². The zero-order chi connectivity index (χ0) is 13.7. The standard InChI is InChI=1S/C12H18N4O3/c17-11(18)10-3-1-6-15(9-10)12(19)13-5-8-16-7-2-4-14-16/h2,4,7,10H,1,3,5-6,8-9H2,(H,13,19)(H,17,18)/t10-/m1/s1. The van der Waals surface area contributed by atoms with E-state index in [2.05, 4.69) is 10.4 Å². The van der Waals surface area contributed by atoms with Crippen molar-refractivity contribution < 1.29 is 14.7 Å². The molecule has 2 rings (SSSR count). The van der Waals surface area contributed by atoms with Crippen molar-refractivity contribution in [2.45, 2.75) is 19.4 Å². The number of aliphatic carboxylic acids is 1.